The second kappa shape index (κ2) is 9.03. The average Bonchev–Trinajstić information content (AvgIpc) is 2.33. The molecule has 0 saturated heterocycles. The minimum Gasteiger partial charge on any atom is -0.494 e. The molecule has 0 bridgehead atoms. The fourth-order valence-electron chi connectivity index (χ4n) is 1.62. The number of aliphatic hydroxyl groups excluding tert-OH is 1. The maximum Gasteiger partial charge on any atom is 0.122 e. The molecule has 0 aliphatic heterocycles. The molecule has 5 heteroatoms. The highest BCUT2D eigenvalue weighted by Gasteiger charge is 2.10. The van der Waals surface area contributed by atoms with Gasteiger partial charge in [0.25, 0.3) is 0 Å². The summed E-state index contributed by atoms with van der Waals surface area (Å²) in [5.74, 6) is 1.61. The normalized spacial score (nSPS) is 11.6. The van der Waals surface area contributed by atoms with Crippen LogP contribution in [0.1, 0.15) is 19.4 Å². The molecule has 0 spiro atoms. The summed E-state index contributed by atoms with van der Waals surface area (Å²) >= 11 is 0. The Kier molecular flexibility index (Phi) is 8.54. The van der Waals surface area contributed by atoms with Crippen LogP contribution < -0.4 is 15.2 Å². The standard InChI is InChI=1S/C13H21NO3.ClH/c1-3-16-12-5-6-13(17-4-2)10(8-12)7-11(14)9-15;/h5-6,8,11,15H,3-4,7,9,14H2,1-2H3;1H. The molecular formula is C13H22ClNO3. The molecule has 1 unspecified atom stereocenters. The second-order valence-electron chi connectivity index (χ2n) is 3.78. The Bertz CT molecular complexity index is 347. The highest BCUT2D eigenvalue weighted by molar-refractivity contribution is 5.85. The van der Waals surface area contributed by atoms with Crippen LogP contribution in [0.15, 0.2) is 18.2 Å². The van der Waals surface area contributed by atoms with Gasteiger partial charge >= 0.3 is 0 Å². The van der Waals surface area contributed by atoms with Gasteiger partial charge in [-0.3, -0.25) is 0 Å². The number of aliphatic hydroxyl groups is 1. The molecule has 0 heterocycles. The molecule has 104 valence electrons. The van der Waals surface area contributed by atoms with Crippen molar-refractivity contribution < 1.29 is 14.6 Å². The smallest absolute Gasteiger partial charge is 0.122 e. The van der Waals surface area contributed by atoms with Gasteiger partial charge in [-0.25, -0.2) is 0 Å². The molecule has 1 aromatic carbocycles. The minimum absolute atomic E-state index is 0. The quantitative estimate of drug-likeness (QED) is 0.796. The molecular weight excluding hydrogens is 254 g/mol. The van der Waals surface area contributed by atoms with Crippen molar-refractivity contribution in [2.75, 3.05) is 19.8 Å². The first-order valence-electron chi connectivity index (χ1n) is 5.96. The number of rotatable bonds is 7. The van der Waals surface area contributed by atoms with Crippen LogP contribution in [0.5, 0.6) is 11.5 Å². The summed E-state index contributed by atoms with van der Waals surface area (Å²) in [5.41, 5.74) is 6.72. The van der Waals surface area contributed by atoms with E-state index in [0.29, 0.717) is 19.6 Å². The lowest BCUT2D eigenvalue weighted by Gasteiger charge is -2.14. The first kappa shape index (κ1) is 17.0. The van der Waals surface area contributed by atoms with Crippen molar-refractivity contribution in [3.63, 3.8) is 0 Å². The monoisotopic (exact) mass is 275 g/mol. The fourth-order valence-corrected chi connectivity index (χ4v) is 1.62. The van der Waals surface area contributed by atoms with Gasteiger partial charge in [0, 0.05) is 6.04 Å². The average molecular weight is 276 g/mol. The highest BCUT2D eigenvalue weighted by atomic mass is 35.5. The lowest BCUT2D eigenvalue weighted by Crippen LogP contribution is -2.27. The molecule has 1 rings (SSSR count). The van der Waals surface area contributed by atoms with E-state index in [-0.39, 0.29) is 25.1 Å². The van der Waals surface area contributed by atoms with Crippen molar-refractivity contribution in [3.8, 4) is 11.5 Å². The topological polar surface area (TPSA) is 64.7 Å². The molecule has 1 atom stereocenters. The number of halogens is 1. The predicted molar refractivity (Wildman–Crippen MR) is 74.8 cm³/mol. The van der Waals surface area contributed by atoms with Crippen LogP contribution in [0, 0.1) is 0 Å². The number of hydrogen-bond donors (Lipinski definition) is 2. The van der Waals surface area contributed by atoms with Gasteiger partial charge in [0.15, 0.2) is 0 Å². The maximum absolute atomic E-state index is 8.99. The Morgan fingerprint density at radius 1 is 1.22 bits per heavy atom. The van der Waals surface area contributed by atoms with Gasteiger partial charge < -0.3 is 20.3 Å². The number of ether oxygens (including phenoxy) is 2. The lowest BCUT2D eigenvalue weighted by molar-refractivity contribution is 0.263. The molecule has 18 heavy (non-hydrogen) atoms. The van der Waals surface area contributed by atoms with Crippen LogP contribution in [-0.4, -0.2) is 31.0 Å². The Labute approximate surface area is 115 Å². The summed E-state index contributed by atoms with van der Waals surface area (Å²) in [7, 11) is 0. The third-order valence-electron chi connectivity index (χ3n) is 2.36. The lowest BCUT2D eigenvalue weighted by atomic mass is 10.1. The van der Waals surface area contributed by atoms with Gasteiger partial charge in [0.1, 0.15) is 11.5 Å². The Morgan fingerprint density at radius 3 is 2.44 bits per heavy atom. The molecule has 0 aliphatic rings. The fraction of sp³-hybridized carbons (Fsp3) is 0.538. The molecule has 0 amide bonds. The Morgan fingerprint density at radius 2 is 1.89 bits per heavy atom. The summed E-state index contributed by atoms with van der Waals surface area (Å²) in [5, 5.41) is 8.99. The third-order valence-corrected chi connectivity index (χ3v) is 2.36. The van der Waals surface area contributed by atoms with Gasteiger partial charge in [0.2, 0.25) is 0 Å². The molecule has 1 aromatic rings. The molecule has 0 radical (unpaired) electrons. The van der Waals surface area contributed by atoms with E-state index in [9.17, 15) is 0 Å². The Balaban J connectivity index is 0.00000289. The van der Waals surface area contributed by atoms with Gasteiger partial charge in [-0.05, 0) is 44.0 Å². The van der Waals surface area contributed by atoms with E-state index in [2.05, 4.69) is 0 Å². The summed E-state index contributed by atoms with van der Waals surface area (Å²) in [6, 6.07) is 5.41. The second-order valence-corrected chi connectivity index (χ2v) is 3.78. The van der Waals surface area contributed by atoms with Crippen LogP contribution >= 0.6 is 12.4 Å². The Hall–Kier alpha value is -0.970. The van der Waals surface area contributed by atoms with Crippen LogP contribution in [0.25, 0.3) is 0 Å². The summed E-state index contributed by atoms with van der Waals surface area (Å²) in [6.45, 7) is 5.07. The maximum atomic E-state index is 8.99. The van der Waals surface area contributed by atoms with E-state index in [1.165, 1.54) is 0 Å². The first-order chi connectivity index (χ1) is 8.21. The van der Waals surface area contributed by atoms with Crippen molar-refractivity contribution >= 4 is 12.4 Å². The van der Waals surface area contributed by atoms with E-state index in [0.717, 1.165) is 17.1 Å². The molecule has 0 aromatic heterocycles. The van der Waals surface area contributed by atoms with E-state index in [1.54, 1.807) is 0 Å². The summed E-state index contributed by atoms with van der Waals surface area (Å²) < 4.78 is 11.0. The molecule has 0 saturated carbocycles. The highest BCUT2D eigenvalue weighted by Crippen LogP contribution is 2.25. The van der Waals surface area contributed by atoms with Crippen molar-refractivity contribution in [3.05, 3.63) is 23.8 Å². The van der Waals surface area contributed by atoms with E-state index in [1.807, 2.05) is 32.0 Å². The zero-order valence-electron chi connectivity index (χ0n) is 10.9. The minimum atomic E-state index is -0.272. The van der Waals surface area contributed by atoms with Crippen LogP contribution in [-0.2, 0) is 6.42 Å². The van der Waals surface area contributed by atoms with Gasteiger partial charge in [0.05, 0.1) is 19.8 Å². The first-order valence-corrected chi connectivity index (χ1v) is 5.96. The molecule has 0 fully saturated rings. The van der Waals surface area contributed by atoms with E-state index in [4.69, 9.17) is 20.3 Å². The van der Waals surface area contributed by atoms with Crippen molar-refractivity contribution in [1.82, 2.24) is 0 Å². The van der Waals surface area contributed by atoms with E-state index >= 15 is 0 Å². The number of hydrogen-bond acceptors (Lipinski definition) is 4. The molecule has 3 N–H and O–H groups in total. The van der Waals surface area contributed by atoms with Crippen molar-refractivity contribution in [2.24, 2.45) is 5.73 Å². The summed E-state index contributed by atoms with van der Waals surface area (Å²) in [6.07, 6.45) is 0.576. The van der Waals surface area contributed by atoms with Crippen molar-refractivity contribution in [1.29, 1.82) is 0 Å². The largest absolute Gasteiger partial charge is 0.494 e. The zero-order valence-corrected chi connectivity index (χ0v) is 11.7. The van der Waals surface area contributed by atoms with Gasteiger partial charge in [-0.1, -0.05) is 0 Å². The predicted octanol–water partition coefficient (Wildman–Crippen LogP) is 1.77. The van der Waals surface area contributed by atoms with E-state index < -0.39 is 0 Å². The van der Waals surface area contributed by atoms with Gasteiger partial charge in [-0.15, -0.1) is 12.4 Å². The molecule has 4 nitrogen and oxygen atoms in total. The SMILES string of the molecule is CCOc1ccc(OCC)c(CC(N)CO)c1.Cl. The number of benzene rings is 1. The van der Waals surface area contributed by atoms with Crippen LogP contribution in [0.3, 0.4) is 0 Å². The van der Waals surface area contributed by atoms with Crippen LogP contribution in [0.2, 0.25) is 0 Å². The van der Waals surface area contributed by atoms with Crippen LogP contribution in [0.4, 0.5) is 0 Å². The summed E-state index contributed by atoms with van der Waals surface area (Å²) in [4.78, 5) is 0. The third kappa shape index (κ3) is 5.12. The zero-order chi connectivity index (χ0) is 12.7. The van der Waals surface area contributed by atoms with Gasteiger partial charge in [-0.2, -0.15) is 0 Å². The molecule has 0 aliphatic carbocycles. The van der Waals surface area contributed by atoms with Crippen molar-refractivity contribution in [2.45, 2.75) is 26.3 Å². The number of nitrogens with two attached hydrogens (primary N) is 1.